The van der Waals surface area contributed by atoms with Gasteiger partial charge in [-0.3, -0.25) is 19.4 Å². The molecule has 0 saturated carbocycles. The molecule has 0 spiro atoms. The first-order valence-corrected chi connectivity index (χ1v) is 8.93. The third kappa shape index (κ3) is 4.06. The molecule has 3 rings (SSSR count). The maximum absolute atomic E-state index is 12.4. The molecule has 1 amide bonds. The molecule has 25 heavy (non-hydrogen) atoms. The van der Waals surface area contributed by atoms with E-state index < -0.39 is 0 Å². The van der Waals surface area contributed by atoms with Crippen LogP contribution in [0.1, 0.15) is 39.3 Å². The molecule has 0 radical (unpaired) electrons. The minimum Gasteiger partial charge on any atom is -0.342 e. The molecule has 1 fully saturated rings. The van der Waals surface area contributed by atoms with Gasteiger partial charge < -0.3 is 4.90 Å². The van der Waals surface area contributed by atoms with E-state index in [1.54, 1.807) is 10.9 Å². The van der Waals surface area contributed by atoms with E-state index in [0.717, 1.165) is 49.4 Å². The molecule has 1 aliphatic heterocycles. The summed E-state index contributed by atoms with van der Waals surface area (Å²) in [6.07, 6.45) is 8.45. The largest absolute Gasteiger partial charge is 0.342 e. The topological polar surface area (TPSA) is 63.9 Å². The Labute approximate surface area is 149 Å². The van der Waals surface area contributed by atoms with Crippen molar-refractivity contribution in [3.05, 3.63) is 30.4 Å². The highest BCUT2D eigenvalue weighted by Crippen LogP contribution is 2.25. The fraction of sp³-hybridized carbons (Fsp3) is 0.579. The zero-order valence-corrected chi connectivity index (χ0v) is 15.6. The molecule has 0 aromatic carbocycles. The number of hydrogen-bond donors (Lipinski definition) is 0. The van der Waals surface area contributed by atoms with Crippen molar-refractivity contribution in [2.75, 3.05) is 13.1 Å². The number of hydrogen-bond acceptors (Lipinski definition) is 4. The summed E-state index contributed by atoms with van der Waals surface area (Å²) in [5.74, 6) is 0.826. The van der Waals surface area contributed by atoms with Crippen molar-refractivity contribution in [2.45, 2.75) is 40.0 Å². The molecule has 1 saturated heterocycles. The Morgan fingerprint density at radius 3 is 2.44 bits per heavy atom. The lowest BCUT2D eigenvalue weighted by molar-refractivity contribution is -0.140. The predicted octanol–water partition coefficient (Wildman–Crippen LogP) is 2.70. The van der Waals surface area contributed by atoms with Crippen molar-refractivity contribution in [1.82, 2.24) is 24.6 Å². The van der Waals surface area contributed by atoms with E-state index >= 15 is 0 Å². The van der Waals surface area contributed by atoms with Gasteiger partial charge in [0.1, 0.15) is 5.69 Å². The van der Waals surface area contributed by atoms with Crippen molar-refractivity contribution in [3.8, 4) is 11.4 Å². The molecule has 0 atom stereocenters. The number of aryl methyl sites for hydroxylation is 1. The fourth-order valence-corrected chi connectivity index (χ4v) is 3.33. The molecule has 134 valence electrons. The van der Waals surface area contributed by atoms with Crippen molar-refractivity contribution in [1.29, 1.82) is 0 Å². The van der Waals surface area contributed by atoms with E-state index in [-0.39, 0.29) is 11.3 Å². The lowest BCUT2D eigenvalue weighted by atomic mass is 9.89. The maximum atomic E-state index is 12.4. The number of rotatable bonds is 3. The van der Waals surface area contributed by atoms with Gasteiger partial charge in [-0.25, -0.2) is 0 Å². The molecule has 1 aliphatic rings. The summed E-state index contributed by atoms with van der Waals surface area (Å²) in [6, 6.07) is 1.94. The van der Waals surface area contributed by atoms with Crippen LogP contribution >= 0.6 is 0 Å². The van der Waals surface area contributed by atoms with Crippen LogP contribution in [-0.2, 0) is 18.3 Å². The van der Waals surface area contributed by atoms with Gasteiger partial charge in [-0.05, 0) is 31.2 Å². The molecular formula is C19H27N5O. The van der Waals surface area contributed by atoms with Crippen molar-refractivity contribution < 1.29 is 4.79 Å². The summed E-state index contributed by atoms with van der Waals surface area (Å²) in [5, 5.41) is 4.16. The van der Waals surface area contributed by atoms with Gasteiger partial charge in [0.15, 0.2) is 0 Å². The molecule has 0 aliphatic carbocycles. The Kier molecular flexibility index (Phi) is 4.88. The quantitative estimate of drug-likeness (QED) is 0.861. The minimum absolute atomic E-state index is 0.256. The van der Waals surface area contributed by atoms with Crippen LogP contribution in [0.2, 0.25) is 0 Å². The van der Waals surface area contributed by atoms with Gasteiger partial charge in [0.25, 0.3) is 0 Å². The normalized spacial score (nSPS) is 16.2. The van der Waals surface area contributed by atoms with Crippen LogP contribution in [0.25, 0.3) is 11.4 Å². The van der Waals surface area contributed by atoms with Gasteiger partial charge in [-0.2, -0.15) is 5.10 Å². The van der Waals surface area contributed by atoms with Crippen LogP contribution in [0.4, 0.5) is 0 Å². The van der Waals surface area contributed by atoms with Crippen LogP contribution in [0.5, 0.6) is 0 Å². The van der Waals surface area contributed by atoms with Gasteiger partial charge in [0.05, 0.1) is 17.6 Å². The Hall–Kier alpha value is -2.24. The number of nitrogens with zero attached hydrogens (tertiary/aromatic N) is 5. The Morgan fingerprint density at radius 1 is 1.20 bits per heavy atom. The SMILES string of the molecule is Cn1nccc1-c1cnc(CC2CCN(C(=O)C(C)(C)C)CC2)cn1. The zero-order chi connectivity index (χ0) is 18.0. The van der Waals surface area contributed by atoms with E-state index in [1.165, 1.54) is 0 Å². The summed E-state index contributed by atoms with van der Waals surface area (Å²) < 4.78 is 1.80. The van der Waals surface area contributed by atoms with E-state index in [2.05, 4.69) is 15.1 Å². The fourth-order valence-electron chi connectivity index (χ4n) is 3.33. The van der Waals surface area contributed by atoms with Gasteiger partial charge in [0.2, 0.25) is 5.91 Å². The molecule has 0 N–H and O–H groups in total. The Morgan fingerprint density at radius 2 is 1.92 bits per heavy atom. The number of amides is 1. The summed E-state index contributed by atoms with van der Waals surface area (Å²) >= 11 is 0. The number of piperidine rings is 1. The highest BCUT2D eigenvalue weighted by Gasteiger charge is 2.30. The van der Waals surface area contributed by atoms with Crippen LogP contribution < -0.4 is 0 Å². The van der Waals surface area contributed by atoms with Crippen molar-refractivity contribution >= 4 is 5.91 Å². The van der Waals surface area contributed by atoms with E-state index in [4.69, 9.17) is 0 Å². The van der Waals surface area contributed by atoms with Crippen LogP contribution in [-0.4, -0.2) is 43.6 Å². The Bertz CT molecular complexity index is 721. The number of carbonyl (C=O) groups is 1. The zero-order valence-electron chi connectivity index (χ0n) is 15.6. The summed E-state index contributed by atoms with van der Waals surface area (Å²) in [7, 11) is 1.90. The molecule has 6 nitrogen and oxygen atoms in total. The van der Waals surface area contributed by atoms with Gasteiger partial charge in [-0.1, -0.05) is 20.8 Å². The van der Waals surface area contributed by atoms with Crippen LogP contribution in [0, 0.1) is 11.3 Å². The lowest BCUT2D eigenvalue weighted by Crippen LogP contribution is -2.44. The second kappa shape index (κ2) is 6.94. The third-order valence-corrected chi connectivity index (χ3v) is 4.83. The first kappa shape index (κ1) is 17.6. The highest BCUT2D eigenvalue weighted by atomic mass is 16.2. The summed E-state index contributed by atoms with van der Waals surface area (Å²) in [4.78, 5) is 23.5. The highest BCUT2D eigenvalue weighted by molar-refractivity contribution is 5.81. The predicted molar refractivity (Wildman–Crippen MR) is 96.7 cm³/mol. The van der Waals surface area contributed by atoms with Crippen molar-refractivity contribution in [3.63, 3.8) is 0 Å². The smallest absolute Gasteiger partial charge is 0.227 e. The molecule has 2 aromatic rings. The molecule has 0 bridgehead atoms. The summed E-state index contributed by atoms with van der Waals surface area (Å²) in [5.41, 5.74) is 2.54. The number of carbonyl (C=O) groups excluding carboxylic acids is 1. The average molecular weight is 341 g/mol. The monoisotopic (exact) mass is 341 g/mol. The van der Waals surface area contributed by atoms with E-state index in [9.17, 15) is 4.79 Å². The molecule has 0 unspecified atom stereocenters. The standard InChI is InChI=1S/C19H27N5O/c1-19(2,3)18(25)24-9-6-14(7-10-24)11-15-12-21-16(13-20-15)17-5-8-22-23(17)4/h5,8,12-14H,6-7,9-11H2,1-4H3. The molecule has 3 heterocycles. The second-order valence-electron chi connectivity index (χ2n) is 7.92. The molecule has 6 heteroatoms. The first-order chi connectivity index (χ1) is 11.8. The summed E-state index contributed by atoms with van der Waals surface area (Å²) in [6.45, 7) is 7.66. The third-order valence-electron chi connectivity index (χ3n) is 4.83. The van der Waals surface area contributed by atoms with Gasteiger partial charge in [0, 0.05) is 37.9 Å². The van der Waals surface area contributed by atoms with Gasteiger partial charge in [-0.15, -0.1) is 0 Å². The molecule has 2 aromatic heterocycles. The Balaban J connectivity index is 1.56. The first-order valence-electron chi connectivity index (χ1n) is 8.93. The number of likely N-dealkylation sites (tertiary alicyclic amines) is 1. The van der Waals surface area contributed by atoms with Crippen LogP contribution in [0.15, 0.2) is 24.7 Å². The van der Waals surface area contributed by atoms with Crippen molar-refractivity contribution in [2.24, 2.45) is 18.4 Å². The van der Waals surface area contributed by atoms with E-state index in [1.807, 2.05) is 51.2 Å². The minimum atomic E-state index is -0.292. The maximum Gasteiger partial charge on any atom is 0.227 e. The second-order valence-corrected chi connectivity index (χ2v) is 7.92. The number of aromatic nitrogens is 4. The molecular weight excluding hydrogens is 314 g/mol. The van der Waals surface area contributed by atoms with Gasteiger partial charge >= 0.3 is 0 Å². The van der Waals surface area contributed by atoms with E-state index in [0.29, 0.717) is 5.92 Å². The average Bonchev–Trinajstić information content (AvgIpc) is 3.01. The van der Waals surface area contributed by atoms with Crippen LogP contribution in [0.3, 0.4) is 0 Å². The lowest BCUT2D eigenvalue weighted by Gasteiger charge is -2.35.